The van der Waals surface area contributed by atoms with Crippen LogP contribution in [0.5, 0.6) is 11.5 Å². The number of carbonyl (C=O) groups excluding carboxylic acids is 2. The first-order valence-corrected chi connectivity index (χ1v) is 12.6. The summed E-state index contributed by atoms with van der Waals surface area (Å²) in [5.74, 6) is 2.03. The molecule has 2 saturated carbocycles. The van der Waals surface area contributed by atoms with Gasteiger partial charge in [0.15, 0.2) is 5.78 Å². The molecule has 2 aromatic carbocycles. The van der Waals surface area contributed by atoms with E-state index in [1.54, 1.807) is 24.3 Å². The Morgan fingerprint density at radius 2 is 1.86 bits per heavy atom. The molecule has 3 atom stereocenters. The summed E-state index contributed by atoms with van der Waals surface area (Å²) in [6.45, 7) is 7.71. The van der Waals surface area contributed by atoms with Gasteiger partial charge in [-0.1, -0.05) is 36.3 Å². The van der Waals surface area contributed by atoms with Crippen LogP contribution in [-0.2, 0) is 17.6 Å². The molecule has 184 valence electrons. The van der Waals surface area contributed by atoms with E-state index in [4.69, 9.17) is 0 Å². The number of phenolic OH excluding ortho intramolecular Hbond substituents is 2. The average molecular weight is 473 g/mol. The summed E-state index contributed by atoms with van der Waals surface area (Å²) >= 11 is 0. The van der Waals surface area contributed by atoms with Crippen LogP contribution < -0.4 is 0 Å². The fraction of sp³-hybridized carbons (Fsp3) is 0.419. The Bertz CT molecular complexity index is 1210. The molecule has 0 aliphatic heterocycles. The summed E-state index contributed by atoms with van der Waals surface area (Å²) in [6, 6.07) is 10.7. The zero-order chi connectivity index (χ0) is 25.3. The largest absolute Gasteiger partial charge is 0.508 e. The van der Waals surface area contributed by atoms with E-state index in [0.717, 1.165) is 37.7 Å². The van der Waals surface area contributed by atoms with Crippen molar-refractivity contribution in [1.82, 2.24) is 0 Å². The third-order valence-electron chi connectivity index (χ3n) is 8.10. The number of hydrogen-bond donors (Lipinski definition) is 2. The summed E-state index contributed by atoms with van der Waals surface area (Å²) in [4.78, 5) is 23.4. The lowest BCUT2D eigenvalue weighted by Crippen LogP contribution is -2.37. The molecular weight excluding hydrogens is 436 g/mol. The highest BCUT2D eigenvalue weighted by atomic mass is 16.3. The number of Topliss-reactive ketones (excluding diaryl/α,β-unsaturated/α-hetero) is 2. The molecule has 2 fully saturated rings. The highest BCUT2D eigenvalue weighted by Gasteiger charge is 2.52. The number of fused-ring (bicyclic) bond motifs is 5. The van der Waals surface area contributed by atoms with E-state index >= 15 is 0 Å². The maximum atomic E-state index is 12.2. The predicted octanol–water partition coefficient (Wildman–Crippen LogP) is 6.84. The summed E-state index contributed by atoms with van der Waals surface area (Å²) in [7, 11) is 0. The Kier molecular flexibility index (Phi) is 7.02. The fourth-order valence-electron chi connectivity index (χ4n) is 6.01. The van der Waals surface area contributed by atoms with Gasteiger partial charge in [0, 0.05) is 23.3 Å². The zero-order valence-electron chi connectivity index (χ0n) is 21.2. The van der Waals surface area contributed by atoms with Crippen LogP contribution in [-0.4, -0.2) is 21.8 Å². The van der Waals surface area contributed by atoms with E-state index in [2.05, 4.69) is 19.1 Å². The molecule has 35 heavy (non-hydrogen) atoms. The van der Waals surface area contributed by atoms with Crippen LogP contribution in [0.1, 0.15) is 86.3 Å². The standard InChI is InChI=1S/C18H20O2.C13H16O2/c1-18-9-8-14-13-5-3-12(19)10-11(13)2-4-15(14)16(18)6-7-17(18)20;1-9(2)4-5-12-8-11(10(3)14)6-7-13(12)15/h3-5,10,14,16,19H,2,6-9H2,1H3;4,6-8,15H,5H2,1-3H3. The van der Waals surface area contributed by atoms with Crippen molar-refractivity contribution in [3.8, 4) is 11.5 Å². The molecular formula is C31H36O4. The van der Waals surface area contributed by atoms with Crippen LogP contribution in [0.15, 0.2) is 59.7 Å². The normalized spacial score (nSPS) is 24.2. The van der Waals surface area contributed by atoms with Crippen LogP contribution in [0.25, 0.3) is 0 Å². The van der Waals surface area contributed by atoms with E-state index < -0.39 is 0 Å². The SMILES string of the molecule is CC(=O)c1ccc(O)c(CC=C(C)C)c1.CC12CCC3C(=CCc4cc(O)ccc43)C1CCC2=O. The summed E-state index contributed by atoms with van der Waals surface area (Å²) in [5, 5.41) is 19.2. The van der Waals surface area contributed by atoms with E-state index in [1.165, 1.54) is 29.2 Å². The van der Waals surface area contributed by atoms with Crippen molar-refractivity contribution < 1.29 is 19.8 Å². The maximum absolute atomic E-state index is 12.2. The summed E-state index contributed by atoms with van der Waals surface area (Å²) in [5.41, 5.74) is 6.67. The Morgan fingerprint density at radius 3 is 2.57 bits per heavy atom. The van der Waals surface area contributed by atoms with Crippen LogP contribution in [0, 0.1) is 11.3 Å². The lowest BCUT2D eigenvalue weighted by molar-refractivity contribution is -0.126. The van der Waals surface area contributed by atoms with Crippen molar-refractivity contribution in [1.29, 1.82) is 0 Å². The second-order valence-electron chi connectivity index (χ2n) is 10.7. The van der Waals surface area contributed by atoms with Crippen molar-refractivity contribution in [2.45, 2.75) is 72.1 Å². The average Bonchev–Trinajstić information content (AvgIpc) is 3.12. The molecule has 0 saturated heterocycles. The lowest BCUT2D eigenvalue weighted by Gasteiger charge is -2.43. The minimum atomic E-state index is -0.100. The minimum absolute atomic E-state index is 0.0217. The quantitative estimate of drug-likeness (QED) is 0.379. The molecule has 5 rings (SSSR count). The van der Waals surface area contributed by atoms with Gasteiger partial charge in [-0.2, -0.15) is 0 Å². The van der Waals surface area contributed by atoms with Gasteiger partial charge in [-0.15, -0.1) is 0 Å². The topological polar surface area (TPSA) is 74.6 Å². The van der Waals surface area contributed by atoms with Gasteiger partial charge in [-0.3, -0.25) is 9.59 Å². The number of benzene rings is 2. The molecule has 3 aliphatic carbocycles. The van der Waals surface area contributed by atoms with Crippen molar-refractivity contribution in [2.24, 2.45) is 11.3 Å². The van der Waals surface area contributed by atoms with Gasteiger partial charge in [0.2, 0.25) is 0 Å². The first kappa shape index (κ1) is 25.0. The van der Waals surface area contributed by atoms with Crippen LogP contribution in [0.2, 0.25) is 0 Å². The van der Waals surface area contributed by atoms with Crippen molar-refractivity contribution in [3.63, 3.8) is 0 Å². The number of hydrogen-bond acceptors (Lipinski definition) is 4. The Morgan fingerprint density at radius 1 is 1.09 bits per heavy atom. The van der Waals surface area contributed by atoms with Crippen molar-refractivity contribution >= 4 is 11.6 Å². The number of aromatic hydroxyl groups is 2. The van der Waals surface area contributed by atoms with Gasteiger partial charge in [0.1, 0.15) is 17.3 Å². The van der Waals surface area contributed by atoms with Crippen molar-refractivity contribution in [2.75, 3.05) is 0 Å². The smallest absolute Gasteiger partial charge is 0.159 e. The van der Waals surface area contributed by atoms with Gasteiger partial charge in [0.25, 0.3) is 0 Å². The van der Waals surface area contributed by atoms with Gasteiger partial charge in [0.05, 0.1) is 0 Å². The molecule has 0 amide bonds. The number of phenols is 2. The second kappa shape index (κ2) is 9.85. The lowest BCUT2D eigenvalue weighted by atomic mass is 9.60. The van der Waals surface area contributed by atoms with E-state index in [-0.39, 0.29) is 16.9 Å². The third-order valence-corrected chi connectivity index (χ3v) is 8.10. The monoisotopic (exact) mass is 472 g/mol. The Balaban J connectivity index is 0.000000174. The van der Waals surface area contributed by atoms with E-state index in [0.29, 0.717) is 35.4 Å². The molecule has 3 aliphatic rings. The second-order valence-corrected chi connectivity index (χ2v) is 10.7. The number of allylic oxidation sites excluding steroid dienone is 4. The minimum Gasteiger partial charge on any atom is -0.508 e. The predicted molar refractivity (Wildman–Crippen MR) is 139 cm³/mol. The van der Waals surface area contributed by atoms with Gasteiger partial charge in [-0.25, -0.2) is 0 Å². The van der Waals surface area contributed by atoms with Crippen molar-refractivity contribution in [3.05, 3.63) is 82.0 Å². The molecule has 2 N–H and O–H groups in total. The van der Waals surface area contributed by atoms with Gasteiger partial charge in [-0.05, 0) is 106 Å². The highest BCUT2D eigenvalue weighted by molar-refractivity contribution is 5.94. The maximum Gasteiger partial charge on any atom is 0.159 e. The molecule has 3 unspecified atom stereocenters. The van der Waals surface area contributed by atoms with Gasteiger partial charge >= 0.3 is 0 Å². The van der Waals surface area contributed by atoms with Crippen LogP contribution in [0.3, 0.4) is 0 Å². The summed E-state index contributed by atoms with van der Waals surface area (Å²) < 4.78 is 0. The van der Waals surface area contributed by atoms with E-state index in [1.807, 2.05) is 26.0 Å². The molecule has 0 radical (unpaired) electrons. The summed E-state index contributed by atoms with van der Waals surface area (Å²) in [6.07, 6.45) is 9.80. The first-order valence-electron chi connectivity index (χ1n) is 12.6. The number of ketones is 2. The first-order chi connectivity index (χ1) is 16.6. The fourth-order valence-corrected chi connectivity index (χ4v) is 6.01. The van der Waals surface area contributed by atoms with Crippen LogP contribution in [0.4, 0.5) is 0 Å². The number of rotatable bonds is 3. The molecule has 0 aromatic heterocycles. The molecule has 0 heterocycles. The Hall–Kier alpha value is -3.14. The van der Waals surface area contributed by atoms with Crippen LogP contribution >= 0.6 is 0 Å². The highest BCUT2D eigenvalue weighted by Crippen LogP contribution is 2.57. The molecule has 0 spiro atoms. The molecule has 4 nitrogen and oxygen atoms in total. The third kappa shape index (κ3) is 4.98. The zero-order valence-corrected chi connectivity index (χ0v) is 21.2. The van der Waals surface area contributed by atoms with E-state index in [9.17, 15) is 19.8 Å². The molecule has 4 heteroatoms. The number of carbonyl (C=O) groups is 2. The Labute approximate surface area is 208 Å². The molecule has 2 aromatic rings. The molecule has 0 bridgehead atoms. The van der Waals surface area contributed by atoms with Gasteiger partial charge < -0.3 is 10.2 Å².